The third-order valence-electron chi connectivity index (χ3n) is 5.09. The van der Waals surface area contributed by atoms with Crippen LogP contribution in [0.3, 0.4) is 0 Å². The number of anilines is 1. The molecular weight excluding hydrogens is 448 g/mol. The lowest BCUT2D eigenvalue weighted by Gasteiger charge is -2.09. The molecule has 6 nitrogen and oxygen atoms in total. The molecule has 0 aliphatic heterocycles. The number of aromatic nitrogens is 1. The van der Waals surface area contributed by atoms with Crippen molar-refractivity contribution in [3.63, 3.8) is 0 Å². The molecule has 1 heterocycles. The Morgan fingerprint density at radius 2 is 1.59 bits per heavy atom. The van der Waals surface area contributed by atoms with E-state index < -0.39 is 18.5 Å². The van der Waals surface area contributed by atoms with Gasteiger partial charge in [0.25, 0.3) is 5.91 Å². The minimum absolute atomic E-state index is 0.266. The molecule has 7 heteroatoms. The number of thiazole rings is 1. The largest absolute Gasteiger partial charge is 0.482 e. The van der Waals surface area contributed by atoms with Crippen molar-refractivity contribution in [2.75, 3.05) is 18.5 Å². The second-order valence-electron chi connectivity index (χ2n) is 7.75. The summed E-state index contributed by atoms with van der Waals surface area (Å²) in [5.41, 5.74) is 5.93. The molecule has 1 aromatic heterocycles. The van der Waals surface area contributed by atoms with Gasteiger partial charge < -0.3 is 9.47 Å². The summed E-state index contributed by atoms with van der Waals surface area (Å²) in [7, 11) is 0. The molecule has 0 spiro atoms. The molecule has 0 radical (unpaired) electrons. The average Bonchev–Trinajstić information content (AvgIpc) is 3.32. The smallest absolute Gasteiger partial charge is 0.344 e. The number of hydrogen-bond acceptors (Lipinski definition) is 6. The molecule has 0 aliphatic carbocycles. The minimum Gasteiger partial charge on any atom is -0.482 e. The van der Waals surface area contributed by atoms with E-state index in [2.05, 4.69) is 22.4 Å². The fraction of sp³-hybridized carbons (Fsp3) is 0.148. The number of esters is 1. The summed E-state index contributed by atoms with van der Waals surface area (Å²) in [6.07, 6.45) is 0. The Labute approximate surface area is 202 Å². The Balaban J connectivity index is 1.26. The van der Waals surface area contributed by atoms with Gasteiger partial charge in [0, 0.05) is 10.9 Å². The van der Waals surface area contributed by atoms with Crippen LogP contribution < -0.4 is 10.1 Å². The van der Waals surface area contributed by atoms with Crippen LogP contribution in [0.1, 0.15) is 11.1 Å². The molecule has 0 atom stereocenters. The zero-order valence-electron chi connectivity index (χ0n) is 18.9. The summed E-state index contributed by atoms with van der Waals surface area (Å²) >= 11 is 1.31. The lowest BCUT2D eigenvalue weighted by atomic mass is 10.0. The highest BCUT2D eigenvalue weighted by molar-refractivity contribution is 7.14. The number of amides is 1. The van der Waals surface area contributed by atoms with Gasteiger partial charge in [-0.2, -0.15) is 0 Å². The van der Waals surface area contributed by atoms with Crippen LogP contribution in [0, 0.1) is 13.8 Å². The van der Waals surface area contributed by atoms with Gasteiger partial charge in [-0.1, -0.05) is 66.7 Å². The molecule has 0 saturated heterocycles. The number of nitrogens with one attached hydrogen (secondary N) is 1. The first-order chi connectivity index (χ1) is 16.5. The zero-order valence-corrected chi connectivity index (χ0v) is 19.7. The van der Waals surface area contributed by atoms with Crippen LogP contribution in [0.4, 0.5) is 5.13 Å². The van der Waals surface area contributed by atoms with E-state index in [9.17, 15) is 9.59 Å². The van der Waals surface area contributed by atoms with Crippen molar-refractivity contribution >= 4 is 28.3 Å². The second-order valence-corrected chi connectivity index (χ2v) is 8.61. The fourth-order valence-electron chi connectivity index (χ4n) is 3.27. The van der Waals surface area contributed by atoms with E-state index in [-0.39, 0.29) is 6.61 Å². The first-order valence-corrected chi connectivity index (χ1v) is 11.6. The first kappa shape index (κ1) is 23.2. The lowest BCUT2D eigenvalue weighted by Crippen LogP contribution is -2.23. The maximum Gasteiger partial charge on any atom is 0.344 e. The lowest BCUT2D eigenvalue weighted by molar-refractivity contribution is -0.149. The third kappa shape index (κ3) is 6.08. The van der Waals surface area contributed by atoms with E-state index in [0.29, 0.717) is 10.9 Å². The maximum atomic E-state index is 12.2. The second kappa shape index (κ2) is 10.8. The van der Waals surface area contributed by atoms with E-state index in [1.165, 1.54) is 11.3 Å². The highest BCUT2D eigenvalue weighted by Gasteiger charge is 2.12. The van der Waals surface area contributed by atoms with Gasteiger partial charge in [0.15, 0.2) is 18.3 Å². The molecule has 1 amide bonds. The van der Waals surface area contributed by atoms with E-state index >= 15 is 0 Å². The van der Waals surface area contributed by atoms with Crippen molar-refractivity contribution < 1.29 is 19.1 Å². The van der Waals surface area contributed by atoms with Gasteiger partial charge in [-0.15, -0.1) is 11.3 Å². The summed E-state index contributed by atoms with van der Waals surface area (Å²) in [6, 6.07) is 24.0. The van der Waals surface area contributed by atoms with E-state index in [4.69, 9.17) is 9.47 Å². The summed E-state index contributed by atoms with van der Waals surface area (Å²) in [5, 5.41) is 4.98. The molecule has 0 saturated carbocycles. The number of rotatable bonds is 8. The Hall–Kier alpha value is -3.97. The Morgan fingerprint density at radius 3 is 2.35 bits per heavy atom. The summed E-state index contributed by atoms with van der Waals surface area (Å²) in [4.78, 5) is 28.6. The van der Waals surface area contributed by atoms with Gasteiger partial charge in [-0.25, -0.2) is 9.78 Å². The Bertz CT molecular complexity index is 1280. The molecule has 0 unspecified atom stereocenters. The Morgan fingerprint density at radius 1 is 0.882 bits per heavy atom. The van der Waals surface area contributed by atoms with Crippen LogP contribution in [0.25, 0.3) is 22.4 Å². The van der Waals surface area contributed by atoms with Gasteiger partial charge >= 0.3 is 5.97 Å². The van der Waals surface area contributed by atoms with Crippen LogP contribution in [0.2, 0.25) is 0 Å². The molecule has 4 rings (SSSR count). The van der Waals surface area contributed by atoms with Crippen LogP contribution in [-0.4, -0.2) is 30.1 Å². The number of hydrogen-bond donors (Lipinski definition) is 1. The molecule has 0 bridgehead atoms. The predicted molar refractivity (Wildman–Crippen MR) is 134 cm³/mol. The normalized spacial score (nSPS) is 10.5. The third-order valence-corrected chi connectivity index (χ3v) is 5.85. The molecule has 3 aromatic carbocycles. The maximum absolute atomic E-state index is 12.2. The fourth-order valence-corrected chi connectivity index (χ4v) is 4.01. The van der Waals surface area contributed by atoms with Crippen LogP contribution in [-0.2, 0) is 14.3 Å². The van der Waals surface area contributed by atoms with Gasteiger partial charge in [-0.05, 0) is 42.2 Å². The topological polar surface area (TPSA) is 77.5 Å². The van der Waals surface area contributed by atoms with Crippen molar-refractivity contribution in [1.82, 2.24) is 4.98 Å². The molecule has 1 N–H and O–H groups in total. The van der Waals surface area contributed by atoms with Crippen molar-refractivity contribution in [2.24, 2.45) is 0 Å². The van der Waals surface area contributed by atoms with E-state index in [1.54, 1.807) is 0 Å². The van der Waals surface area contributed by atoms with Gasteiger partial charge in [0.05, 0.1) is 5.69 Å². The zero-order chi connectivity index (χ0) is 23.9. The van der Waals surface area contributed by atoms with Crippen LogP contribution >= 0.6 is 11.3 Å². The molecule has 0 fully saturated rings. The van der Waals surface area contributed by atoms with Gasteiger partial charge in [-0.3, -0.25) is 10.1 Å². The molecular formula is C27H24N2O4S. The van der Waals surface area contributed by atoms with Crippen molar-refractivity contribution in [2.45, 2.75) is 13.8 Å². The number of carbonyl (C=O) groups excluding carboxylic acids is 2. The Kier molecular flexibility index (Phi) is 7.34. The summed E-state index contributed by atoms with van der Waals surface area (Å²) in [5.74, 6) is -0.455. The molecule has 172 valence electrons. The molecule has 0 aliphatic rings. The predicted octanol–water partition coefficient (Wildman–Crippen LogP) is 5.65. The van der Waals surface area contributed by atoms with E-state index in [1.807, 2.05) is 79.9 Å². The average molecular weight is 473 g/mol. The number of carbonyl (C=O) groups is 2. The van der Waals surface area contributed by atoms with E-state index in [0.717, 1.165) is 33.5 Å². The number of ether oxygens (including phenoxy) is 2. The summed E-state index contributed by atoms with van der Waals surface area (Å²) < 4.78 is 10.5. The van der Waals surface area contributed by atoms with Gasteiger partial charge in [0.2, 0.25) is 0 Å². The number of benzene rings is 3. The van der Waals surface area contributed by atoms with Crippen molar-refractivity contribution in [1.29, 1.82) is 0 Å². The molecule has 34 heavy (non-hydrogen) atoms. The SMILES string of the molecule is Cc1ccc(C)c(OCC(=O)OCC(=O)Nc2nc(-c3ccc(-c4ccccc4)cc3)cs2)c1. The summed E-state index contributed by atoms with van der Waals surface area (Å²) in [6.45, 7) is 3.17. The first-order valence-electron chi connectivity index (χ1n) is 10.7. The standard InChI is InChI=1S/C27H24N2O4S/c1-18-8-9-19(2)24(14-18)32-16-26(31)33-15-25(30)29-27-28-23(17-34-27)22-12-10-21(11-13-22)20-6-4-3-5-7-20/h3-14,17H,15-16H2,1-2H3,(H,28,29,30). The minimum atomic E-state index is -0.616. The molecule has 4 aromatic rings. The quantitative estimate of drug-likeness (QED) is 0.335. The highest BCUT2D eigenvalue weighted by Crippen LogP contribution is 2.27. The number of aryl methyl sites for hydroxylation is 2. The van der Waals surface area contributed by atoms with Crippen molar-refractivity contribution in [3.05, 3.63) is 89.3 Å². The van der Waals surface area contributed by atoms with Crippen molar-refractivity contribution in [3.8, 4) is 28.1 Å². The number of nitrogens with zero attached hydrogens (tertiary/aromatic N) is 1. The highest BCUT2D eigenvalue weighted by atomic mass is 32.1. The monoisotopic (exact) mass is 472 g/mol. The van der Waals surface area contributed by atoms with Gasteiger partial charge in [0.1, 0.15) is 5.75 Å². The van der Waals surface area contributed by atoms with Crippen LogP contribution in [0.5, 0.6) is 5.75 Å². The van der Waals surface area contributed by atoms with Crippen LogP contribution in [0.15, 0.2) is 78.2 Å².